The van der Waals surface area contributed by atoms with E-state index in [9.17, 15) is 0 Å². The summed E-state index contributed by atoms with van der Waals surface area (Å²) in [7, 11) is -2.56. The molecule has 1 unspecified atom stereocenters. The number of rotatable bonds is 11. The SMILES string of the molecule is CCCCCCCCCCCC[Si]1(C)CCC(C)(C)O[Si]1(C)C. The minimum atomic E-state index is -1.43. The van der Waals surface area contributed by atoms with E-state index in [1.807, 2.05) is 0 Å². The van der Waals surface area contributed by atoms with Crippen LogP contribution in [0.25, 0.3) is 0 Å². The fraction of sp³-hybridized carbons (Fsp3) is 1.00. The van der Waals surface area contributed by atoms with Crippen molar-refractivity contribution < 1.29 is 4.43 Å². The van der Waals surface area contributed by atoms with Crippen molar-refractivity contribution in [3.63, 3.8) is 0 Å². The minimum absolute atomic E-state index is 0.153. The molecule has 3 heteroatoms. The first kappa shape index (κ1) is 21.4. The lowest BCUT2D eigenvalue weighted by molar-refractivity contribution is 0.0930. The third-order valence-corrected chi connectivity index (χ3v) is 23.7. The lowest BCUT2D eigenvalue weighted by Gasteiger charge is -2.51. The maximum absolute atomic E-state index is 6.62. The predicted octanol–water partition coefficient (Wildman–Crippen LogP) is 7.47. The van der Waals surface area contributed by atoms with Crippen LogP contribution < -0.4 is 0 Å². The Kier molecular flexibility index (Phi) is 9.10. The summed E-state index contributed by atoms with van der Waals surface area (Å²) in [5.74, 6) is 0. The summed E-state index contributed by atoms with van der Waals surface area (Å²) in [5, 5.41) is 0. The van der Waals surface area contributed by atoms with Gasteiger partial charge in [0.15, 0.2) is 7.83 Å². The third-order valence-electron chi connectivity index (χ3n) is 6.35. The zero-order valence-corrected chi connectivity index (χ0v) is 19.1. The Labute approximate surface area is 148 Å². The van der Waals surface area contributed by atoms with Gasteiger partial charge in [0.1, 0.15) is 0 Å². The minimum Gasteiger partial charge on any atom is -0.415 e. The van der Waals surface area contributed by atoms with Gasteiger partial charge in [0, 0.05) is 0 Å². The third kappa shape index (κ3) is 7.43. The van der Waals surface area contributed by atoms with Crippen LogP contribution in [0.5, 0.6) is 0 Å². The van der Waals surface area contributed by atoms with E-state index < -0.39 is 15.4 Å². The smallest absolute Gasteiger partial charge is 0.174 e. The molecule has 23 heavy (non-hydrogen) atoms. The van der Waals surface area contributed by atoms with Crippen molar-refractivity contribution in [2.45, 2.75) is 129 Å². The van der Waals surface area contributed by atoms with Gasteiger partial charge in [-0.2, -0.15) is 0 Å². The average Bonchev–Trinajstić information content (AvgIpc) is 2.45. The first-order chi connectivity index (χ1) is 10.7. The number of unbranched alkanes of at least 4 members (excludes halogenated alkanes) is 9. The molecule has 1 saturated heterocycles. The maximum atomic E-state index is 6.62. The Morgan fingerprint density at radius 3 is 1.74 bits per heavy atom. The molecular formula is C20H44OSi2. The van der Waals surface area contributed by atoms with Crippen LogP contribution in [0.15, 0.2) is 0 Å². The van der Waals surface area contributed by atoms with Crippen molar-refractivity contribution >= 4 is 15.4 Å². The Morgan fingerprint density at radius 2 is 1.26 bits per heavy atom. The molecule has 0 aliphatic carbocycles. The summed E-state index contributed by atoms with van der Waals surface area (Å²) < 4.78 is 6.62. The normalized spacial score (nSPS) is 26.3. The van der Waals surface area contributed by atoms with Gasteiger partial charge in [-0.25, -0.2) is 0 Å². The van der Waals surface area contributed by atoms with Crippen molar-refractivity contribution in [2.24, 2.45) is 0 Å². The highest BCUT2D eigenvalue weighted by atomic mass is 29.3. The van der Waals surface area contributed by atoms with E-state index in [0.717, 1.165) is 0 Å². The monoisotopic (exact) mass is 356 g/mol. The Morgan fingerprint density at radius 1 is 0.783 bits per heavy atom. The van der Waals surface area contributed by atoms with Crippen molar-refractivity contribution in [3.8, 4) is 0 Å². The van der Waals surface area contributed by atoms with Crippen LogP contribution in [-0.2, 0) is 4.43 Å². The lowest BCUT2D eigenvalue weighted by Crippen LogP contribution is -2.65. The quantitative estimate of drug-likeness (QED) is 0.275. The summed E-state index contributed by atoms with van der Waals surface area (Å²) in [6, 6.07) is 3.04. The van der Waals surface area contributed by atoms with Crippen molar-refractivity contribution in [1.29, 1.82) is 0 Å². The lowest BCUT2D eigenvalue weighted by atomic mass is 10.1. The summed E-state index contributed by atoms with van der Waals surface area (Å²) in [6.45, 7) is 14.6. The highest BCUT2D eigenvalue weighted by molar-refractivity contribution is 7.38. The van der Waals surface area contributed by atoms with Crippen LogP contribution in [0, 0.1) is 0 Å². The van der Waals surface area contributed by atoms with Gasteiger partial charge in [0.2, 0.25) is 0 Å². The summed E-state index contributed by atoms with van der Waals surface area (Å²) in [6.07, 6.45) is 15.8. The molecule has 0 spiro atoms. The largest absolute Gasteiger partial charge is 0.415 e. The van der Waals surface area contributed by atoms with Gasteiger partial charge < -0.3 is 4.43 Å². The van der Waals surface area contributed by atoms with Gasteiger partial charge in [0.05, 0.1) is 13.2 Å². The van der Waals surface area contributed by atoms with Gasteiger partial charge in [-0.3, -0.25) is 0 Å². The summed E-state index contributed by atoms with van der Waals surface area (Å²) in [4.78, 5) is 0. The molecule has 0 bridgehead atoms. The van der Waals surface area contributed by atoms with Gasteiger partial charge in [-0.1, -0.05) is 89.8 Å². The molecule has 0 radical (unpaired) electrons. The molecule has 1 nitrogen and oxygen atoms in total. The van der Waals surface area contributed by atoms with E-state index in [1.54, 1.807) is 0 Å². The molecule has 1 aliphatic rings. The van der Waals surface area contributed by atoms with Gasteiger partial charge in [-0.15, -0.1) is 0 Å². The predicted molar refractivity (Wildman–Crippen MR) is 110 cm³/mol. The maximum Gasteiger partial charge on any atom is 0.174 e. The van der Waals surface area contributed by atoms with Crippen LogP contribution in [-0.4, -0.2) is 21.0 Å². The fourth-order valence-corrected chi connectivity index (χ4v) is 15.6. The second kappa shape index (κ2) is 9.77. The number of hydrogen-bond donors (Lipinski definition) is 0. The Balaban J connectivity index is 2.13. The fourth-order valence-electron chi connectivity index (χ4n) is 4.17. The molecule has 1 heterocycles. The van der Waals surface area contributed by atoms with Crippen molar-refractivity contribution in [3.05, 3.63) is 0 Å². The second-order valence-electron chi connectivity index (χ2n) is 9.36. The van der Waals surface area contributed by atoms with Crippen LogP contribution in [0.1, 0.15) is 91.4 Å². The zero-order chi connectivity index (χ0) is 17.4. The standard InChI is InChI=1S/C20H44OSi2/c1-7-8-9-10-11-12-13-14-15-16-18-23(6)19-17-20(2,3)21-22(23,4)5/h7-19H2,1-6H3. The summed E-state index contributed by atoms with van der Waals surface area (Å²) in [5.41, 5.74) is 0.153. The topological polar surface area (TPSA) is 9.23 Å². The first-order valence-corrected chi connectivity index (χ1v) is 17.2. The first-order valence-electron chi connectivity index (χ1n) is 10.4. The van der Waals surface area contributed by atoms with E-state index >= 15 is 0 Å². The van der Waals surface area contributed by atoms with Crippen LogP contribution in [0.3, 0.4) is 0 Å². The zero-order valence-electron chi connectivity index (χ0n) is 17.1. The Hall–Kier alpha value is 0.394. The molecule has 0 saturated carbocycles. The molecule has 138 valence electrons. The molecule has 1 rings (SSSR count). The van der Waals surface area contributed by atoms with E-state index in [2.05, 4.69) is 40.4 Å². The van der Waals surface area contributed by atoms with Crippen LogP contribution in [0.4, 0.5) is 0 Å². The molecule has 0 aromatic heterocycles. The molecule has 1 atom stereocenters. The van der Waals surface area contributed by atoms with E-state index in [1.165, 1.54) is 82.7 Å². The Bertz CT molecular complexity index is 328. The molecular weight excluding hydrogens is 312 g/mol. The molecule has 0 N–H and O–H groups in total. The summed E-state index contributed by atoms with van der Waals surface area (Å²) >= 11 is 0. The molecule has 1 aliphatic heterocycles. The van der Waals surface area contributed by atoms with E-state index in [-0.39, 0.29) is 5.60 Å². The van der Waals surface area contributed by atoms with Gasteiger partial charge in [0.25, 0.3) is 0 Å². The van der Waals surface area contributed by atoms with Crippen molar-refractivity contribution in [2.75, 3.05) is 0 Å². The second-order valence-corrected chi connectivity index (χ2v) is 23.9. The van der Waals surface area contributed by atoms with E-state index in [0.29, 0.717) is 0 Å². The number of hydrogen-bond acceptors (Lipinski definition) is 1. The van der Waals surface area contributed by atoms with Crippen LogP contribution in [0.2, 0.25) is 31.7 Å². The molecule has 0 amide bonds. The molecule has 0 aromatic carbocycles. The van der Waals surface area contributed by atoms with Crippen molar-refractivity contribution in [1.82, 2.24) is 0 Å². The molecule has 0 aromatic rings. The van der Waals surface area contributed by atoms with E-state index in [4.69, 9.17) is 4.43 Å². The van der Waals surface area contributed by atoms with Gasteiger partial charge in [-0.05, 0) is 33.4 Å². The van der Waals surface area contributed by atoms with Gasteiger partial charge >= 0.3 is 0 Å². The highest BCUT2D eigenvalue weighted by Gasteiger charge is 2.52. The van der Waals surface area contributed by atoms with Crippen LogP contribution >= 0.6 is 0 Å². The molecule has 1 fully saturated rings. The average molecular weight is 357 g/mol. The highest BCUT2D eigenvalue weighted by Crippen LogP contribution is 2.41.